The summed E-state index contributed by atoms with van der Waals surface area (Å²) in [5.74, 6) is -0.806. The molecule has 0 spiro atoms. The lowest BCUT2D eigenvalue weighted by Crippen LogP contribution is -2.46. The highest BCUT2D eigenvalue weighted by Gasteiger charge is 2.57. The highest BCUT2D eigenvalue weighted by atomic mass is 16.8. The zero-order valence-electron chi connectivity index (χ0n) is 23.3. The Morgan fingerprint density at radius 1 is 0.732 bits per heavy atom. The van der Waals surface area contributed by atoms with Gasteiger partial charge in [-0.05, 0) is 36.1 Å². The van der Waals surface area contributed by atoms with Gasteiger partial charge in [0.05, 0.1) is 13.2 Å². The third-order valence-electron chi connectivity index (χ3n) is 7.70. The minimum atomic E-state index is -1.02. The Hall–Kier alpha value is -3.36. The van der Waals surface area contributed by atoms with Crippen molar-refractivity contribution in [2.24, 2.45) is 0 Å². The van der Waals surface area contributed by atoms with Crippen molar-refractivity contribution in [1.82, 2.24) is 0 Å². The van der Waals surface area contributed by atoms with Crippen molar-refractivity contribution in [3.63, 3.8) is 0 Å². The second kappa shape index (κ2) is 11.9. The van der Waals surface area contributed by atoms with Crippen LogP contribution < -0.4 is 0 Å². The first-order chi connectivity index (χ1) is 20.0. The summed E-state index contributed by atoms with van der Waals surface area (Å²) in [7, 11) is 0. The number of aliphatic hydroxyl groups is 1. The summed E-state index contributed by atoms with van der Waals surface area (Å²) in [6, 6.07) is 40.2. The Balaban J connectivity index is 1.30. The molecule has 0 amide bonds. The average molecular weight is 553 g/mol. The summed E-state index contributed by atoms with van der Waals surface area (Å²) >= 11 is 0. The van der Waals surface area contributed by atoms with Crippen LogP contribution in [0.2, 0.25) is 0 Å². The molecule has 2 fully saturated rings. The highest BCUT2D eigenvalue weighted by Crippen LogP contribution is 2.43. The highest BCUT2D eigenvalue weighted by molar-refractivity contribution is 5.47. The van der Waals surface area contributed by atoms with Crippen LogP contribution in [0.1, 0.15) is 36.1 Å². The van der Waals surface area contributed by atoms with Crippen LogP contribution >= 0.6 is 0 Å². The SMILES string of the molecule is CC1(C)OC2OC(C(O)COC(c3ccccc3)(c3ccccc3)c3ccccc3)C(OCc3ccccc3)C2O1. The van der Waals surface area contributed by atoms with E-state index in [1.807, 2.05) is 98.8 Å². The molecule has 4 aromatic rings. The van der Waals surface area contributed by atoms with Gasteiger partial charge >= 0.3 is 0 Å². The van der Waals surface area contributed by atoms with Gasteiger partial charge in [-0.2, -0.15) is 0 Å². The maximum atomic E-state index is 11.7. The minimum Gasteiger partial charge on any atom is -0.388 e. The van der Waals surface area contributed by atoms with E-state index < -0.39 is 42.1 Å². The molecule has 0 bridgehead atoms. The zero-order valence-corrected chi connectivity index (χ0v) is 23.3. The Labute approximate surface area is 241 Å². The van der Waals surface area contributed by atoms with Crippen LogP contribution in [0.5, 0.6) is 0 Å². The average Bonchev–Trinajstić information content (AvgIpc) is 3.50. The summed E-state index contributed by atoms with van der Waals surface area (Å²) in [6.07, 6.45) is -3.42. The molecule has 5 atom stereocenters. The number of benzene rings is 4. The first-order valence-electron chi connectivity index (χ1n) is 14.1. The molecule has 6 nitrogen and oxygen atoms in total. The molecule has 2 heterocycles. The molecule has 0 radical (unpaired) electrons. The van der Waals surface area contributed by atoms with Crippen LogP contribution in [-0.4, -0.2) is 48.2 Å². The van der Waals surface area contributed by atoms with Crippen molar-refractivity contribution in [1.29, 1.82) is 0 Å². The fraction of sp³-hybridized carbons (Fsp3) is 0.314. The van der Waals surface area contributed by atoms with Crippen LogP contribution in [0.4, 0.5) is 0 Å². The molecule has 5 unspecified atom stereocenters. The minimum absolute atomic E-state index is 0.0165. The largest absolute Gasteiger partial charge is 0.388 e. The van der Waals surface area contributed by atoms with Crippen LogP contribution in [0, 0.1) is 0 Å². The zero-order chi connectivity index (χ0) is 28.3. The quantitative estimate of drug-likeness (QED) is 0.250. The Bertz CT molecular complexity index is 1280. The van der Waals surface area contributed by atoms with Gasteiger partial charge in [0.2, 0.25) is 0 Å². The standard InChI is InChI=1S/C35H36O6/c1-34(2)40-32-31(37-23-25-15-7-3-8-16-25)30(39-33(32)41-34)29(36)24-38-35(26-17-9-4-10-18-26,27-19-11-5-12-20-27)28-21-13-6-14-22-28/h3-22,29-33,36H,23-24H2,1-2H3. The van der Waals surface area contributed by atoms with Gasteiger partial charge in [-0.3, -0.25) is 0 Å². The molecule has 2 aliphatic rings. The first-order valence-corrected chi connectivity index (χ1v) is 14.1. The van der Waals surface area contributed by atoms with Gasteiger partial charge in [0.1, 0.15) is 30.0 Å². The van der Waals surface area contributed by atoms with Crippen molar-refractivity contribution in [2.75, 3.05) is 6.61 Å². The van der Waals surface area contributed by atoms with Crippen LogP contribution in [0.3, 0.4) is 0 Å². The maximum Gasteiger partial charge on any atom is 0.190 e. The molecule has 0 aromatic heterocycles. The molecule has 212 valence electrons. The predicted octanol–water partition coefficient (Wildman–Crippen LogP) is 5.82. The van der Waals surface area contributed by atoms with E-state index in [2.05, 4.69) is 36.4 Å². The summed E-state index contributed by atoms with van der Waals surface area (Å²) in [5.41, 5.74) is 2.93. The lowest BCUT2D eigenvalue weighted by atomic mass is 9.80. The van der Waals surface area contributed by atoms with E-state index in [9.17, 15) is 5.11 Å². The predicted molar refractivity (Wildman–Crippen MR) is 155 cm³/mol. The van der Waals surface area contributed by atoms with Gasteiger partial charge in [0, 0.05) is 0 Å². The van der Waals surface area contributed by atoms with E-state index >= 15 is 0 Å². The summed E-state index contributed by atoms with van der Waals surface area (Å²) in [5, 5.41) is 11.7. The fourth-order valence-electron chi connectivity index (χ4n) is 5.84. The van der Waals surface area contributed by atoms with Gasteiger partial charge in [-0.1, -0.05) is 121 Å². The molecule has 0 aliphatic carbocycles. The molecule has 2 saturated heterocycles. The summed E-state index contributed by atoms with van der Waals surface area (Å²) in [4.78, 5) is 0. The summed E-state index contributed by atoms with van der Waals surface area (Å²) < 4.78 is 31.7. The lowest BCUT2D eigenvalue weighted by molar-refractivity contribution is -0.234. The molecule has 4 aromatic carbocycles. The van der Waals surface area contributed by atoms with E-state index in [0.717, 1.165) is 22.3 Å². The van der Waals surface area contributed by atoms with E-state index in [1.165, 1.54) is 0 Å². The second-order valence-electron chi connectivity index (χ2n) is 11.0. The van der Waals surface area contributed by atoms with Crippen LogP contribution in [0.15, 0.2) is 121 Å². The topological polar surface area (TPSA) is 66.4 Å². The third kappa shape index (κ3) is 5.72. The Morgan fingerprint density at radius 3 is 1.73 bits per heavy atom. The maximum absolute atomic E-state index is 11.7. The van der Waals surface area contributed by atoms with Crippen molar-refractivity contribution in [3.8, 4) is 0 Å². The molecule has 1 N–H and O–H groups in total. The van der Waals surface area contributed by atoms with E-state index in [1.54, 1.807) is 0 Å². The van der Waals surface area contributed by atoms with Crippen LogP contribution in [-0.2, 0) is 35.9 Å². The molecule has 0 saturated carbocycles. The van der Waals surface area contributed by atoms with Gasteiger partial charge in [0.15, 0.2) is 12.1 Å². The molecule has 6 rings (SSSR count). The lowest BCUT2D eigenvalue weighted by Gasteiger charge is -2.37. The van der Waals surface area contributed by atoms with Gasteiger partial charge in [0.25, 0.3) is 0 Å². The number of hydrogen-bond donors (Lipinski definition) is 1. The molecule has 41 heavy (non-hydrogen) atoms. The normalized spacial score (nSPS) is 24.2. The van der Waals surface area contributed by atoms with Crippen molar-refractivity contribution in [3.05, 3.63) is 144 Å². The van der Waals surface area contributed by atoms with Gasteiger partial charge < -0.3 is 28.8 Å². The number of rotatable bonds is 10. The number of hydrogen-bond acceptors (Lipinski definition) is 6. The monoisotopic (exact) mass is 552 g/mol. The second-order valence-corrected chi connectivity index (χ2v) is 11.0. The van der Waals surface area contributed by atoms with Crippen molar-refractivity contribution in [2.45, 2.75) is 62.5 Å². The number of fused-ring (bicyclic) bond motifs is 1. The number of ether oxygens (including phenoxy) is 5. The molecule has 2 aliphatic heterocycles. The van der Waals surface area contributed by atoms with Crippen molar-refractivity contribution < 1.29 is 28.8 Å². The molecular weight excluding hydrogens is 516 g/mol. The third-order valence-corrected chi connectivity index (χ3v) is 7.70. The van der Waals surface area contributed by atoms with Crippen molar-refractivity contribution >= 4 is 0 Å². The summed E-state index contributed by atoms with van der Waals surface area (Å²) in [6.45, 7) is 4.04. The van der Waals surface area contributed by atoms with Gasteiger partial charge in [-0.15, -0.1) is 0 Å². The first kappa shape index (κ1) is 27.8. The smallest absolute Gasteiger partial charge is 0.190 e. The van der Waals surface area contributed by atoms with E-state index in [-0.39, 0.29) is 6.61 Å². The number of aliphatic hydroxyl groups excluding tert-OH is 1. The molecular formula is C35H36O6. The van der Waals surface area contributed by atoms with E-state index in [0.29, 0.717) is 6.61 Å². The van der Waals surface area contributed by atoms with Gasteiger partial charge in [-0.25, -0.2) is 0 Å². The Morgan fingerprint density at radius 2 is 1.22 bits per heavy atom. The van der Waals surface area contributed by atoms with Crippen LogP contribution in [0.25, 0.3) is 0 Å². The Kier molecular flexibility index (Phi) is 8.04. The molecule has 6 heteroatoms. The fourth-order valence-corrected chi connectivity index (χ4v) is 5.84. The van der Waals surface area contributed by atoms with E-state index in [4.69, 9.17) is 23.7 Å².